The van der Waals surface area contributed by atoms with E-state index in [4.69, 9.17) is 9.47 Å². The van der Waals surface area contributed by atoms with E-state index in [0.717, 1.165) is 26.0 Å². The summed E-state index contributed by atoms with van der Waals surface area (Å²) in [6.45, 7) is 5.35. The molecule has 0 bridgehead atoms. The molecule has 1 aromatic rings. The topological polar surface area (TPSA) is 41.9 Å². The van der Waals surface area contributed by atoms with Gasteiger partial charge in [-0.05, 0) is 32.4 Å². The zero-order chi connectivity index (χ0) is 15.1. The van der Waals surface area contributed by atoms with Gasteiger partial charge >= 0.3 is 0 Å². The smallest absolute Gasteiger partial charge is 0.0900 e. The molecule has 1 aliphatic rings. The Kier molecular flexibility index (Phi) is 6.64. The third-order valence-electron chi connectivity index (χ3n) is 3.73. The van der Waals surface area contributed by atoms with E-state index >= 15 is 0 Å². The lowest BCUT2D eigenvalue weighted by Gasteiger charge is -2.21. The van der Waals surface area contributed by atoms with E-state index in [0.29, 0.717) is 19.8 Å². The quantitative estimate of drug-likeness (QED) is 0.796. The molecule has 4 nitrogen and oxygen atoms in total. The number of benzene rings is 1. The van der Waals surface area contributed by atoms with Crippen LogP contribution in [0.2, 0.25) is 0 Å². The highest BCUT2D eigenvalue weighted by Gasteiger charge is 2.16. The average Bonchev–Trinajstić information content (AvgIpc) is 2.94. The van der Waals surface area contributed by atoms with Crippen LogP contribution in [0.4, 0.5) is 0 Å². The fourth-order valence-corrected chi connectivity index (χ4v) is 2.59. The van der Waals surface area contributed by atoms with Gasteiger partial charge in [-0.3, -0.25) is 4.90 Å². The Morgan fingerprint density at radius 1 is 1.38 bits per heavy atom. The molecule has 1 N–H and O–H groups in total. The highest BCUT2D eigenvalue weighted by atomic mass is 16.5. The van der Waals surface area contributed by atoms with Gasteiger partial charge < -0.3 is 14.6 Å². The molecule has 1 fully saturated rings. The van der Waals surface area contributed by atoms with Gasteiger partial charge in [0.25, 0.3) is 0 Å². The molecule has 2 rings (SSSR count). The molecule has 1 aromatic carbocycles. The number of aliphatic hydroxyl groups is 1. The highest BCUT2D eigenvalue weighted by molar-refractivity contribution is 5.21. The van der Waals surface area contributed by atoms with Crippen LogP contribution in [0.25, 0.3) is 0 Å². The minimum atomic E-state index is -0.457. The maximum absolute atomic E-state index is 10.0. The zero-order valence-corrected chi connectivity index (χ0v) is 13.1. The van der Waals surface area contributed by atoms with Gasteiger partial charge in [0.15, 0.2) is 0 Å². The molecule has 0 saturated carbocycles. The Morgan fingerprint density at radius 3 is 2.81 bits per heavy atom. The van der Waals surface area contributed by atoms with E-state index in [1.54, 1.807) is 0 Å². The molecular formula is C17H27NO3. The van der Waals surface area contributed by atoms with E-state index in [9.17, 15) is 5.11 Å². The Balaban J connectivity index is 1.62. The first-order valence-corrected chi connectivity index (χ1v) is 7.75. The summed E-state index contributed by atoms with van der Waals surface area (Å²) < 4.78 is 11.0. The molecule has 1 aliphatic heterocycles. The zero-order valence-electron chi connectivity index (χ0n) is 13.1. The second-order valence-corrected chi connectivity index (χ2v) is 6.01. The molecule has 1 heterocycles. The van der Waals surface area contributed by atoms with Crippen molar-refractivity contribution in [2.45, 2.75) is 38.5 Å². The molecule has 2 unspecified atom stereocenters. The normalized spacial score (nSPS) is 20.1. The number of aliphatic hydroxyl groups excluding tert-OH is 1. The third kappa shape index (κ3) is 6.14. The standard InChI is InChI=1S/C17H27NO3/c1-14-5-7-15(8-6-14)10-18(2)11-16(19)12-20-13-17-4-3-9-21-17/h5-8,16-17,19H,3-4,9-13H2,1-2H3. The Hall–Kier alpha value is -0.940. The minimum Gasteiger partial charge on any atom is -0.389 e. The summed E-state index contributed by atoms with van der Waals surface area (Å²) in [6.07, 6.45) is 1.96. The maximum Gasteiger partial charge on any atom is 0.0900 e. The van der Waals surface area contributed by atoms with Crippen LogP contribution in [-0.4, -0.2) is 55.6 Å². The summed E-state index contributed by atoms with van der Waals surface area (Å²) in [5, 5.41) is 10.0. The van der Waals surface area contributed by atoms with Gasteiger partial charge in [-0.2, -0.15) is 0 Å². The molecule has 1 saturated heterocycles. The van der Waals surface area contributed by atoms with Gasteiger partial charge in [-0.1, -0.05) is 29.8 Å². The van der Waals surface area contributed by atoms with Crippen molar-refractivity contribution in [2.75, 3.05) is 33.4 Å². The van der Waals surface area contributed by atoms with E-state index in [1.807, 2.05) is 7.05 Å². The lowest BCUT2D eigenvalue weighted by Crippen LogP contribution is -2.32. The lowest BCUT2D eigenvalue weighted by atomic mass is 10.1. The van der Waals surface area contributed by atoms with Crippen LogP contribution in [-0.2, 0) is 16.0 Å². The van der Waals surface area contributed by atoms with Crippen LogP contribution in [0.5, 0.6) is 0 Å². The number of hydrogen-bond donors (Lipinski definition) is 1. The number of nitrogens with zero attached hydrogens (tertiary/aromatic N) is 1. The second kappa shape index (κ2) is 8.49. The van der Waals surface area contributed by atoms with Crippen molar-refractivity contribution in [3.8, 4) is 0 Å². The van der Waals surface area contributed by atoms with Gasteiger partial charge in [-0.15, -0.1) is 0 Å². The number of rotatable bonds is 8. The van der Waals surface area contributed by atoms with Gasteiger partial charge in [0.1, 0.15) is 0 Å². The first-order chi connectivity index (χ1) is 10.1. The molecule has 21 heavy (non-hydrogen) atoms. The maximum atomic E-state index is 10.0. The van der Waals surface area contributed by atoms with Crippen molar-refractivity contribution in [3.05, 3.63) is 35.4 Å². The molecule has 4 heteroatoms. The molecule has 0 aliphatic carbocycles. The van der Waals surface area contributed by atoms with Crippen LogP contribution >= 0.6 is 0 Å². The Morgan fingerprint density at radius 2 is 2.14 bits per heavy atom. The van der Waals surface area contributed by atoms with Crippen molar-refractivity contribution in [1.82, 2.24) is 4.90 Å². The number of hydrogen-bond acceptors (Lipinski definition) is 4. The van der Waals surface area contributed by atoms with Crippen molar-refractivity contribution in [1.29, 1.82) is 0 Å². The molecular weight excluding hydrogens is 266 g/mol. The number of aryl methyl sites for hydroxylation is 1. The van der Waals surface area contributed by atoms with Crippen LogP contribution < -0.4 is 0 Å². The van der Waals surface area contributed by atoms with E-state index in [-0.39, 0.29) is 6.10 Å². The summed E-state index contributed by atoms with van der Waals surface area (Å²) in [5.41, 5.74) is 2.53. The van der Waals surface area contributed by atoms with Crippen LogP contribution in [0.1, 0.15) is 24.0 Å². The Labute approximate surface area is 127 Å². The predicted molar refractivity (Wildman–Crippen MR) is 83.3 cm³/mol. The Bertz CT molecular complexity index is 401. The predicted octanol–water partition coefficient (Wildman–Crippen LogP) is 1.98. The van der Waals surface area contributed by atoms with E-state index in [1.165, 1.54) is 11.1 Å². The first kappa shape index (κ1) is 16.4. The van der Waals surface area contributed by atoms with Gasteiger partial charge in [0.2, 0.25) is 0 Å². The van der Waals surface area contributed by atoms with Gasteiger partial charge in [0.05, 0.1) is 25.4 Å². The molecule has 0 spiro atoms. The monoisotopic (exact) mass is 293 g/mol. The fraction of sp³-hybridized carbons (Fsp3) is 0.647. The largest absolute Gasteiger partial charge is 0.389 e. The van der Waals surface area contributed by atoms with Crippen molar-refractivity contribution in [3.63, 3.8) is 0 Å². The summed E-state index contributed by atoms with van der Waals surface area (Å²) >= 11 is 0. The van der Waals surface area contributed by atoms with E-state index < -0.39 is 6.10 Å². The molecule has 0 radical (unpaired) electrons. The van der Waals surface area contributed by atoms with Crippen molar-refractivity contribution >= 4 is 0 Å². The SMILES string of the molecule is Cc1ccc(CN(C)CC(O)COCC2CCCO2)cc1. The third-order valence-corrected chi connectivity index (χ3v) is 3.73. The number of likely N-dealkylation sites (N-methyl/N-ethyl adjacent to an activating group) is 1. The summed E-state index contributed by atoms with van der Waals surface area (Å²) in [4.78, 5) is 2.12. The minimum absolute atomic E-state index is 0.225. The van der Waals surface area contributed by atoms with Crippen LogP contribution in [0.3, 0.4) is 0 Å². The van der Waals surface area contributed by atoms with E-state index in [2.05, 4.69) is 36.1 Å². The lowest BCUT2D eigenvalue weighted by molar-refractivity contribution is -0.0238. The molecule has 118 valence electrons. The molecule has 0 aromatic heterocycles. The number of ether oxygens (including phenoxy) is 2. The first-order valence-electron chi connectivity index (χ1n) is 7.75. The van der Waals surface area contributed by atoms with Crippen LogP contribution in [0, 0.1) is 6.92 Å². The van der Waals surface area contributed by atoms with Crippen molar-refractivity contribution < 1.29 is 14.6 Å². The van der Waals surface area contributed by atoms with Gasteiger partial charge in [0, 0.05) is 19.7 Å². The summed E-state index contributed by atoms with van der Waals surface area (Å²) in [7, 11) is 2.02. The van der Waals surface area contributed by atoms with Crippen LogP contribution in [0.15, 0.2) is 24.3 Å². The molecule has 0 amide bonds. The summed E-state index contributed by atoms with van der Waals surface area (Å²) in [6, 6.07) is 8.49. The highest BCUT2D eigenvalue weighted by Crippen LogP contribution is 2.12. The van der Waals surface area contributed by atoms with Crippen molar-refractivity contribution in [2.24, 2.45) is 0 Å². The summed E-state index contributed by atoms with van der Waals surface area (Å²) in [5.74, 6) is 0. The second-order valence-electron chi connectivity index (χ2n) is 6.01. The fourth-order valence-electron chi connectivity index (χ4n) is 2.59. The van der Waals surface area contributed by atoms with Gasteiger partial charge in [-0.25, -0.2) is 0 Å². The average molecular weight is 293 g/mol. The molecule has 2 atom stereocenters.